The molecule has 5 nitrogen and oxygen atoms in total. The van der Waals surface area contributed by atoms with Gasteiger partial charge < -0.3 is 15.1 Å². The molecule has 2 unspecified atom stereocenters. The first kappa shape index (κ1) is 19.4. The third kappa shape index (κ3) is 4.82. The molecule has 25 heavy (non-hydrogen) atoms. The number of hydrogen-bond acceptors (Lipinski definition) is 3. The number of nitrogens with zero attached hydrogens (tertiary/aromatic N) is 2. The van der Waals surface area contributed by atoms with Gasteiger partial charge in [0, 0.05) is 26.6 Å². The predicted octanol–water partition coefficient (Wildman–Crippen LogP) is 2.36. The highest BCUT2D eigenvalue weighted by Crippen LogP contribution is 2.35. The molecule has 2 amide bonds. The van der Waals surface area contributed by atoms with Crippen molar-refractivity contribution in [2.75, 3.05) is 33.2 Å². The van der Waals surface area contributed by atoms with Crippen molar-refractivity contribution in [2.45, 2.75) is 39.7 Å². The molecule has 0 bridgehead atoms. The van der Waals surface area contributed by atoms with Gasteiger partial charge in [-0.1, -0.05) is 43.7 Å². The maximum atomic E-state index is 12.8. The number of carbonyl (C=O) groups is 2. The van der Waals surface area contributed by atoms with Gasteiger partial charge in [0.15, 0.2) is 0 Å². The molecule has 0 aliphatic carbocycles. The van der Waals surface area contributed by atoms with Crippen LogP contribution in [-0.4, -0.2) is 54.8 Å². The van der Waals surface area contributed by atoms with E-state index in [1.807, 2.05) is 38.2 Å². The van der Waals surface area contributed by atoms with Crippen molar-refractivity contribution in [2.24, 2.45) is 5.92 Å². The highest BCUT2D eigenvalue weighted by molar-refractivity contribution is 5.84. The lowest BCUT2D eigenvalue weighted by molar-refractivity contribution is -0.141. The molecule has 5 heteroatoms. The minimum Gasteiger partial charge on any atom is -0.354 e. The molecule has 1 aliphatic heterocycles. The fraction of sp³-hybridized carbons (Fsp3) is 0.600. The van der Waals surface area contributed by atoms with Crippen LogP contribution in [0.2, 0.25) is 0 Å². The number of benzene rings is 1. The molecule has 1 N–H and O–H groups in total. The molecule has 1 heterocycles. The lowest BCUT2D eigenvalue weighted by atomic mass is 9.83. The topological polar surface area (TPSA) is 52.7 Å². The second-order valence-electron chi connectivity index (χ2n) is 6.82. The summed E-state index contributed by atoms with van der Waals surface area (Å²) in [6, 6.07) is 7.96. The molecule has 1 aliphatic rings. The Morgan fingerprint density at radius 1 is 1.24 bits per heavy atom. The van der Waals surface area contributed by atoms with Gasteiger partial charge in [-0.15, -0.1) is 0 Å². The zero-order chi connectivity index (χ0) is 18.4. The van der Waals surface area contributed by atoms with Gasteiger partial charge in [0.05, 0.1) is 12.0 Å². The zero-order valence-corrected chi connectivity index (χ0v) is 15.9. The van der Waals surface area contributed by atoms with Crippen molar-refractivity contribution >= 4 is 11.8 Å². The number of hydrogen-bond donors (Lipinski definition) is 1. The number of likely N-dealkylation sites (N-methyl/N-ethyl adjacent to an activating group) is 1. The number of carbonyl (C=O) groups excluding carboxylic acids is 2. The molecule has 2 atom stereocenters. The van der Waals surface area contributed by atoms with Gasteiger partial charge in [0.1, 0.15) is 0 Å². The number of amides is 2. The fourth-order valence-corrected chi connectivity index (χ4v) is 3.54. The number of rotatable bonds is 7. The summed E-state index contributed by atoms with van der Waals surface area (Å²) in [7, 11) is 1.81. The Balaban J connectivity index is 2.08. The van der Waals surface area contributed by atoms with E-state index in [1.165, 1.54) is 5.56 Å². The van der Waals surface area contributed by atoms with Gasteiger partial charge in [-0.3, -0.25) is 9.59 Å². The lowest BCUT2D eigenvalue weighted by Crippen LogP contribution is -2.47. The Kier molecular flexibility index (Phi) is 7.00. The smallest absolute Gasteiger partial charge is 0.225 e. The quantitative estimate of drug-likeness (QED) is 0.825. The van der Waals surface area contributed by atoms with E-state index in [0.29, 0.717) is 19.4 Å². The van der Waals surface area contributed by atoms with Crippen LogP contribution in [0.15, 0.2) is 24.3 Å². The average molecular weight is 345 g/mol. The molecule has 0 aromatic heterocycles. The van der Waals surface area contributed by atoms with Gasteiger partial charge in [-0.2, -0.15) is 0 Å². The molecule has 1 aromatic rings. The van der Waals surface area contributed by atoms with Crippen LogP contribution in [0.3, 0.4) is 0 Å². The Labute approximate surface area is 151 Å². The van der Waals surface area contributed by atoms with Crippen molar-refractivity contribution in [3.63, 3.8) is 0 Å². The summed E-state index contributed by atoms with van der Waals surface area (Å²) >= 11 is 0. The molecule has 1 aromatic carbocycles. The maximum absolute atomic E-state index is 12.8. The molecular formula is C20H31N3O2. The van der Waals surface area contributed by atoms with E-state index >= 15 is 0 Å². The summed E-state index contributed by atoms with van der Waals surface area (Å²) in [5.41, 5.74) is 2.21. The second-order valence-corrected chi connectivity index (χ2v) is 6.82. The van der Waals surface area contributed by atoms with Gasteiger partial charge in [0.25, 0.3) is 0 Å². The average Bonchev–Trinajstić information content (AvgIpc) is 2.61. The Morgan fingerprint density at radius 2 is 1.88 bits per heavy atom. The monoisotopic (exact) mass is 345 g/mol. The molecule has 0 radical (unpaired) electrons. The predicted molar refractivity (Wildman–Crippen MR) is 100 cm³/mol. The number of likely N-dealkylation sites (tertiary alicyclic amines) is 1. The van der Waals surface area contributed by atoms with E-state index in [-0.39, 0.29) is 23.8 Å². The van der Waals surface area contributed by atoms with Crippen LogP contribution < -0.4 is 5.32 Å². The van der Waals surface area contributed by atoms with E-state index < -0.39 is 0 Å². The molecule has 2 rings (SSSR count). The largest absolute Gasteiger partial charge is 0.354 e. The lowest BCUT2D eigenvalue weighted by Gasteiger charge is -2.38. The number of nitrogens with one attached hydrogen (secondary N) is 1. The van der Waals surface area contributed by atoms with E-state index in [0.717, 1.165) is 25.2 Å². The van der Waals surface area contributed by atoms with Gasteiger partial charge in [-0.05, 0) is 32.0 Å². The SMILES string of the molecule is CCN(CC)CCNC(=O)C1CCC(=O)N(C)C1c1ccc(C)cc1. The third-order valence-corrected chi connectivity index (χ3v) is 5.24. The zero-order valence-electron chi connectivity index (χ0n) is 15.9. The van der Waals surface area contributed by atoms with Crippen molar-refractivity contribution < 1.29 is 9.59 Å². The Hall–Kier alpha value is -1.88. The summed E-state index contributed by atoms with van der Waals surface area (Å²) in [4.78, 5) is 29.0. The van der Waals surface area contributed by atoms with Crippen molar-refractivity contribution in [1.29, 1.82) is 0 Å². The Bertz CT molecular complexity index is 581. The first-order chi connectivity index (χ1) is 12.0. The molecule has 1 fully saturated rings. The summed E-state index contributed by atoms with van der Waals surface area (Å²) in [6.07, 6.45) is 1.05. The third-order valence-electron chi connectivity index (χ3n) is 5.24. The minimum atomic E-state index is -0.192. The molecular weight excluding hydrogens is 314 g/mol. The molecule has 138 valence electrons. The van der Waals surface area contributed by atoms with E-state index in [9.17, 15) is 9.59 Å². The van der Waals surface area contributed by atoms with Gasteiger partial charge >= 0.3 is 0 Å². The van der Waals surface area contributed by atoms with Crippen molar-refractivity contribution in [3.05, 3.63) is 35.4 Å². The normalized spacial score (nSPS) is 20.8. The number of piperidine rings is 1. The van der Waals surface area contributed by atoms with E-state index in [2.05, 4.69) is 24.1 Å². The highest BCUT2D eigenvalue weighted by atomic mass is 16.2. The number of aryl methyl sites for hydroxylation is 1. The summed E-state index contributed by atoms with van der Waals surface area (Å²) in [5.74, 6) is -0.0306. The van der Waals surface area contributed by atoms with Crippen LogP contribution in [0.25, 0.3) is 0 Å². The van der Waals surface area contributed by atoms with Crippen LogP contribution in [0.5, 0.6) is 0 Å². The first-order valence-corrected chi connectivity index (χ1v) is 9.30. The van der Waals surface area contributed by atoms with Gasteiger partial charge in [0.2, 0.25) is 11.8 Å². The maximum Gasteiger partial charge on any atom is 0.225 e. The van der Waals surface area contributed by atoms with Crippen LogP contribution in [0, 0.1) is 12.8 Å². The highest BCUT2D eigenvalue weighted by Gasteiger charge is 2.38. The van der Waals surface area contributed by atoms with Crippen LogP contribution >= 0.6 is 0 Å². The standard InChI is InChI=1S/C20H31N3O2/c1-5-23(6-2)14-13-21-20(25)17-11-12-18(24)22(4)19(17)16-9-7-15(3)8-10-16/h7-10,17,19H,5-6,11-14H2,1-4H3,(H,21,25). The van der Waals surface area contributed by atoms with Crippen molar-refractivity contribution in [1.82, 2.24) is 15.1 Å². The van der Waals surface area contributed by atoms with Crippen LogP contribution in [0.4, 0.5) is 0 Å². The van der Waals surface area contributed by atoms with Crippen molar-refractivity contribution in [3.8, 4) is 0 Å². The molecule has 1 saturated heterocycles. The van der Waals surface area contributed by atoms with Crippen LogP contribution in [-0.2, 0) is 9.59 Å². The van der Waals surface area contributed by atoms with Gasteiger partial charge in [-0.25, -0.2) is 0 Å². The molecule has 0 saturated carbocycles. The molecule has 0 spiro atoms. The van der Waals surface area contributed by atoms with Crippen LogP contribution in [0.1, 0.15) is 43.9 Å². The summed E-state index contributed by atoms with van der Waals surface area (Å²) in [5, 5.41) is 3.08. The summed E-state index contributed by atoms with van der Waals surface area (Å²) in [6.45, 7) is 9.76. The fourth-order valence-electron chi connectivity index (χ4n) is 3.54. The minimum absolute atomic E-state index is 0.0529. The second kappa shape index (κ2) is 8.99. The first-order valence-electron chi connectivity index (χ1n) is 9.30. The van der Waals surface area contributed by atoms with E-state index in [1.54, 1.807) is 4.90 Å². The summed E-state index contributed by atoms with van der Waals surface area (Å²) < 4.78 is 0. The van der Waals surface area contributed by atoms with E-state index in [4.69, 9.17) is 0 Å². The Morgan fingerprint density at radius 3 is 2.48 bits per heavy atom.